The van der Waals surface area contributed by atoms with Crippen LogP contribution in [-0.4, -0.2) is 21.9 Å². The second-order valence-corrected chi connectivity index (χ2v) is 4.77. The van der Waals surface area contributed by atoms with Crippen LogP contribution < -0.4 is 10.5 Å². The predicted molar refractivity (Wildman–Crippen MR) is 86.1 cm³/mol. The van der Waals surface area contributed by atoms with Gasteiger partial charge in [-0.25, -0.2) is 4.68 Å². The highest BCUT2D eigenvalue weighted by Gasteiger charge is 2.18. The van der Waals surface area contributed by atoms with Crippen molar-refractivity contribution in [1.82, 2.24) is 14.8 Å². The number of hydrogen-bond acceptors (Lipinski definition) is 6. The number of azo groups is 1. The van der Waals surface area contributed by atoms with E-state index < -0.39 is 0 Å². The minimum atomic E-state index is 0.186. The molecule has 8 nitrogen and oxygen atoms in total. The Bertz CT molecular complexity index is 929. The highest BCUT2D eigenvalue weighted by atomic mass is 16.5. The molecule has 0 saturated carbocycles. The SMILES string of the molecule is CCn1nc(C#N)c(OC)c1N=Nc1ccc(N)c2cc[nH]c12. The molecule has 0 fully saturated rings. The number of ether oxygens (including phenoxy) is 1. The van der Waals surface area contributed by atoms with Crippen LogP contribution in [0.3, 0.4) is 0 Å². The quantitative estimate of drug-likeness (QED) is 0.568. The molecule has 0 saturated heterocycles. The zero-order valence-corrected chi connectivity index (χ0v) is 12.7. The molecular weight excluding hydrogens is 294 g/mol. The first kappa shape index (κ1) is 14.6. The molecule has 3 N–H and O–H groups in total. The summed E-state index contributed by atoms with van der Waals surface area (Å²) in [4.78, 5) is 3.10. The van der Waals surface area contributed by atoms with E-state index in [-0.39, 0.29) is 5.69 Å². The maximum atomic E-state index is 9.12. The maximum absolute atomic E-state index is 9.12. The normalized spacial score (nSPS) is 11.2. The van der Waals surface area contributed by atoms with E-state index in [0.29, 0.717) is 29.5 Å². The number of nitrogens with one attached hydrogen (secondary N) is 1. The van der Waals surface area contributed by atoms with Crippen molar-refractivity contribution < 1.29 is 4.74 Å². The Labute approximate surface area is 132 Å². The number of rotatable bonds is 4. The second kappa shape index (κ2) is 5.81. The number of nitrogens with zero attached hydrogens (tertiary/aromatic N) is 5. The Kier molecular flexibility index (Phi) is 3.68. The molecule has 0 bridgehead atoms. The lowest BCUT2D eigenvalue weighted by Gasteiger charge is -2.02. The molecule has 2 heterocycles. The van der Waals surface area contributed by atoms with E-state index >= 15 is 0 Å². The van der Waals surface area contributed by atoms with Crippen LogP contribution in [0.5, 0.6) is 5.75 Å². The van der Waals surface area contributed by atoms with Gasteiger partial charge in [-0.1, -0.05) is 0 Å². The summed E-state index contributed by atoms with van der Waals surface area (Å²) < 4.78 is 6.82. The molecule has 3 rings (SSSR count). The van der Waals surface area contributed by atoms with Crippen molar-refractivity contribution in [3.63, 3.8) is 0 Å². The lowest BCUT2D eigenvalue weighted by Crippen LogP contribution is -1.95. The van der Waals surface area contributed by atoms with Gasteiger partial charge in [-0.05, 0) is 25.1 Å². The van der Waals surface area contributed by atoms with Gasteiger partial charge < -0.3 is 15.5 Å². The molecular formula is C15H15N7O. The first-order valence-corrected chi connectivity index (χ1v) is 7.01. The Balaban J connectivity index is 2.09. The van der Waals surface area contributed by atoms with Crippen molar-refractivity contribution in [2.75, 3.05) is 12.8 Å². The van der Waals surface area contributed by atoms with Crippen LogP contribution in [0.2, 0.25) is 0 Å². The summed E-state index contributed by atoms with van der Waals surface area (Å²) in [7, 11) is 1.48. The summed E-state index contributed by atoms with van der Waals surface area (Å²) in [6.45, 7) is 2.45. The van der Waals surface area contributed by atoms with Crippen LogP contribution in [0.4, 0.5) is 17.2 Å². The summed E-state index contributed by atoms with van der Waals surface area (Å²) in [6, 6.07) is 7.43. The summed E-state index contributed by atoms with van der Waals surface area (Å²) in [5, 5.41) is 22.7. The molecule has 0 radical (unpaired) electrons. The predicted octanol–water partition coefficient (Wildman–Crippen LogP) is 3.26. The van der Waals surface area contributed by atoms with E-state index in [1.807, 2.05) is 19.1 Å². The molecule has 3 aromatic rings. The zero-order chi connectivity index (χ0) is 16.4. The maximum Gasteiger partial charge on any atom is 0.217 e. The van der Waals surface area contributed by atoms with E-state index in [1.54, 1.807) is 23.0 Å². The minimum absolute atomic E-state index is 0.186. The van der Waals surface area contributed by atoms with Crippen LogP contribution in [0, 0.1) is 11.3 Å². The van der Waals surface area contributed by atoms with Crippen molar-refractivity contribution in [2.45, 2.75) is 13.5 Å². The number of nitrogens with two attached hydrogens (primary N) is 1. The van der Waals surface area contributed by atoms with Crippen molar-refractivity contribution in [3.8, 4) is 11.8 Å². The number of benzene rings is 1. The highest BCUT2D eigenvalue weighted by molar-refractivity contribution is 5.97. The fraction of sp³-hybridized carbons (Fsp3) is 0.200. The fourth-order valence-electron chi connectivity index (χ4n) is 2.36. The van der Waals surface area contributed by atoms with Crippen molar-refractivity contribution in [1.29, 1.82) is 5.26 Å². The molecule has 0 aliphatic heterocycles. The topological polar surface area (TPSA) is 117 Å². The van der Waals surface area contributed by atoms with Crippen LogP contribution >= 0.6 is 0 Å². The first-order valence-electron chi connectivity index (χ1n) is 7.01. The van der Waals surface area contributed by atoms with E-state index in [2.05, 4.69) is 20.3 Å². The molecule has 1 aromatic carbocycles. The van der Waals surface area contributed by atoms with E-state index in [1.165, 1.54) is 7.11 Å². The van der Waals surface area contributed by atoms with E-state index in [4.69, 9.17) is 15.7 Å². The van der Waals surface area contributed by atoms with Gasteiger partial charge in [0.2, 0.25) is 17.3 Å². The third-order valence-electron chi connectivity index (χ3n) is 3.48. The Morgan fingerprint density at radius 3 is 2.91 bits per heavy atom. The largest absolute Gasteiger partial charge is 0.490 e. The first-order chi connectivity index (χ1) is 11.2. The number of H-pyrrole nitrogens is 1. The number of anilines is 1. The lowest BCUT2D eigenvalue weighted by molar-refractivity contribution is 0.414. The lowest BCUT2D eigenvalue weighted by atomic mass is 10.2. The number of aromatic amines is 1. The van der Waals surface area contributed by atoms with Crippen LogP contribution in [0.15, 0.2) is 34.6 Å². The number of aromatic nitrogens is 3. The molecule has 116 valence electrons. The molecule has 0 aliphatic carbocycles. The third kappa shape index (κ3) is 2.38. The van der Waals surface area contributed by atoms with Gasteiger partial charge in [0, 0.05) is 23.8 Å². The van der Waals surface area contributed by atoms with Gasteiger partial charge in [0.15, 0.2) is 0 Å². The average molecular weight is 309 g/mol. The van der Waals surface area contributed by atoms with Crippen molar-refractivity contribution in [3.05, 3.63) is 30.1 Å². The van der Waals surface area contributed by atoms with Gasteiger partial charge in [-0.2, -0.15) is 10.4 Å². The van der Waals surface area contributed by atoms with Crippen LogP contribution in [-0.2, 0) is 6.54 Å². The third-order valence-corrected chi connectivity index (χ3v) is 3.48. The van der Waals surface area contributed by atoms with Crippen LogP contribution in [0.25, 0.3) is 10.9 Å². The van der Waals surface area contributed by atoms with Gasteiger partial charge >= 0.3 is 0 Å². The second-order valence-electron chi connectivity index (χ2n) is 4.77. The molecule has 0 amide bonds. The van der Waals surface area contributed by atoms with Gasteiger partial charge in [0.05, 0.1) is 12.6 Å². The van der Waals surface area contributed by atoms with Gasteiger partial charge in [0.25, 0.3) is 0 Å². The van der Waals surface area contributed by atoms with E-state index in [0.717, 1.165) is 10.9 Å². The highest BCUT2D eigenvalue weighted by Crippen LogP contribution is 2.34. The van der Waals surface area contributed by atoms with Crippen molar-refractivity contribution >= 4 is 28.1 Å². The number of nitriles is 1. The molecule has 0 spiro atoms. The molecule has 0 atom stereocenters. The van der Waals surface area contributed by atoms with Crippen LogP contribution in [0.1, 0.15) is 12.6 Å². The summed E-state index contributed by atoms with van der Waals surface area (Å²) >= 11 is 0. The van der Waals surface area contributed by atoms with Gasteiger partial charge in [0.1, 0.15) is 11.8 Å². The zero-order valence-electron chi connectivity index (χ0n) is 12.7. The number of methoxy groups -OCH3 is 1. The molecule has 8 heteroatoms. The molecule has 23 heavy (non-hydrogen) atoms. The number of nitrogen functional groups attached to an aromatic ring is 1. The van der Waals surface area contributed by atoms with Gasteiger partial charge in [-0.15, -0.1) is 10.2 Å². The molecule has 2 aromatic heterocycles. The Morgan fingerprint density at radius 2 is 2.22 bits per heavy atom. The molecule has 0 aliphatic rings. The number of aryl methyl sites for hydroxylation is 1. The average Bonchev–Trinajstić information content (AvgIpc) is 3.18. The summed E-state index contributed by atoms with van der Waals surface area (Å²) in [5.74, 6) is 0.722. The fourth-order valence-corrected chi connectivity index (χ4v) is 2.36. The Morgan fingerprint density at radius 1 is 1.39 bits per heavy atom. The standard InChI is InChI=1S/C15H15N7O/c1-3-22-15(14(23-2)12(8-16)21-22)20-19-11-5-4-10(17)9-6-7-18-13(9)11/h4-7,18H,3,17H2,1-2H3. The summed E-state index contributed by atoms with van der Waals surface area (Å²) in [6.07, 6.45) is 1.80. The number of fused-ring (bicyclic) bond motifs is 1. The summed E-state index contributed by atoms with van der Waals surface area (Å²) in [5.41, 5.74) is 8.23. The van der Waals surface area contributed by atoms with Crippen molar-refractivity contribution in [2.24, 2.45) is 10.2 Å². The Hall–Kier alpha value is -3.34. The minimum Gasteiger partial charge on any atom is -0.490 e. The number of hydrogen-bond donors (Lipinski definition) is 2. The van der Waals surface area contributed by atoms with Gasteiger partial charge in [-0.3, -0.25) is 0 Å². The van der Waals surface area contributed by atoms with E-state index in [9.17, 15) is 0 Å². The molecule has 0 unspecified atom stereocenters. The monoisotopic (exact) mass is 309 g/mol. The smallest absolute Gasteiger partial charge is 0.217 e.